The van der Waals surface area contributed by atoms with Crippen molar-refractivity contribution in [2.75, 3.05) is 5.73 Å². The quantitative estimate of drug-likeness (QED) is 0.553. The van der Waals surface area contributed by atoms with E-state index in [0.29, 0.717) is 5.92 Å². The number of rotatable bonds is 2. The second-order valence-electron chi connectivity index (χ2n) is 3.71. The molecule has 2 N–H and O–H groups in total. The summed E-state index contributed by atoms with van der Waals surface area (Å²) in [5.74, 6) is 0.575. The van der Waals surface area contributed by atoms with Crippen molar-refractivity contribution in [1.82, 2.24) is 0 Å². The number of benzene rings is 1. The summed E-state index contributed by atoms with van der Waals surface area (Å²) in [6.07, 6.45) is 2.12. The molecule has 0 aliphatic heterocycles. The minimum Gasteiger partial charge on any atom is -0.399 e. The predicted octanol–water partition coefficient (Wildman–Crippen LogP) is 2.17. The highest BCUT2D eigenvalue weighted by Crippen LogP contribution is 2.33. The fourth-order valence-electron chi connectivity index (χ4n) is 1.41. The average molecular weight is 175 g/mol. The van der Waals surface area contributed by atoms with E-state index in [0.717, 1.165) is 29.7 Å². The summed E-state index contributed by atoms with van der Waals surface area (Å²) >= 11 is 0. The molecule has 1 aliphatic carbocycles. The second-order valence-corrected chi connectivity index (χ2v) is 3.71. The average Bonchev–Trinajstić information content (AvgIpc) is 2.91. The predicted molar refractivity (Wildman–Crippen MR) is 52.6 cm³/mol. The molecule has 0 radical (unpaired) electrons. The van der Waals surface area contributed by atoms with E-state index in [2.05, 4.69) is 0 Å². The van der Waals surface area contributed by atoms with Crippen molar-refractivity contribution in [3.05, 3.63) is 29.3 Å². The van der Waals surface area contributed by atoms with Crippen molar-refractivity contribution in [3.8, 4) is 0 Å². The van der Waals surface area contributed by atoms with Gasteiger partial charge in [0.2, 0.25) is 0 Å². The first kappa shape index (κ1) is 8.30. The molecule has 0 heterocycles. The van der Waals surface area contributed by atoms with E-state index in [1.165, 1.54) is 0 Å². The van der Waals surface area contributed by atoms with Crippen LogP contribution in [0, 0.1) is 12.8 Å². The van der Waals surface area contributed by atoms with E-state index in [1.807, 2.05) is 25.1 Å². The lowest BCUT2D eigenvalue weighted by molar-refractivity contribution is 0.0967. The summed E-state index contributed by atoms with van der Waals surface area (Å²) in [5, 5.41) is 0. The number of aryl methyl sites for hydroxylation is 1. The van der Waals surface area contributed by atoms with E-state index in [4.69, 9.17) is 5.73 Å². The van der Waals surface area contributed by atoms with Gasteiger partial charge in [-0.05, 0) is 43.5 Å². The number of carbonyl (C=O) groups excluding carboxylic acids is 1. The Kier molecular flexibility index (Phi) is 1.83. The minimum absolute atomic E-state index is 0.281. The third kappa shape index (κ3) is 1.57. The summed E-state index contributed by atoms with van der Waals surface area (Å²) < 4.78 is 0. The van der Waals surface area contributed by atoms with Crippen LogP contribution in [0.3, 0.4) is 0 Å². The van der Waals surface area contributed by atoms with Crippen LogP contribution < -0.4 is 5.73 Å². The van der Waals surface area contributed by atoms with Gasteiger partial charge in [0.05, 0.1) is 0 Å². The maximum absolute atomic E-state index is 11.6. The molecule has 0 amide bonds. The highest BCUT2D eigenvalue weighted by atomic mass is 16.1. The molecule has 68 valence electrons. The highest BCUT2D eigenvalue weighted by Gasteiger charge is 2.30. The van der Waals surface area contributed by atoms with Crippen LogP contribution in [0.1, 0.15) is 28.8 Å². The number of ketones is 1. The maximum atomic E-state index is 11.6. The fourth-order valence-corrected chi connectivity index (χ4v) is 1.41. The van der Waals surface area contributed by atoms with Gasteiger partial charge >= 0.3 is 0 Å². The molecule has 1 aromatic rings. The number of nitrogens with two attached hydrogens (primary N) is 1. The third-order valence-corrected chi connectivity index (χ3v) is 2.50. The molecule has 0 bridgehead atoms. The van der Waals surface area contributed by atoms with Crippen LogP contribution in [-0.2, 0) is 0 Å². The van der Waals surface area contributed by atoms with E-state index in [9.17, 15) is 4.79 Å². The smallest absolute Gasteiger partial charge is 0.165 e. The Morgan fingerprint density at radius 1 is 1.46 bits per heavy atom. The highest BCUT2D eigenvalue weighted by molar-refractivity contribution is 5.99. The Hall–Kier alpha value is -1.31. The molecule has 2 rings (SSSR count). The first-order chi connectivity index (χ1) is 6.18. The zero-order chi connectivity index (χ0) is 9.42. The molecule has 13 heavy (non-hydrogen) atoms. The first-order valence-corrected chi connectivity index (χ1v) is 4.59. The molecule has 0 atom stereocenters. The van der Waals surface area contributed by atoms with Gasteiger partial charge in [0.25, 0.3) is 0 Å². The number of anilines is 1. The van der Waals surface area contributed by atoms with Gasteiger partial charge < -0.3 is 5.73 Å². The van der Waals surface area contributed by atoms with E-state index in [-0.39, 0.29) is 5.78 Å². The van der Waals surface area contributed by atoms with E-state index < -0.39 is 0 Å². The molecule has 1 aromatic carbocycles. The summed E-state index contributed by atoms with van der Waals surface area (Å²) in [4.78, 5) is 11.6. The van der Waals surface area contributed by atoms with Crippen molar-refractivity contribution < 1.29 is 4.79 Å². The normalized spacial score (nSPS) is 15.8. The van der Waals surface area contributed by atoms with Gasteiger partial charge in [-0.2, -0.15) is 0 Å². The van der Waals surface area contributed by atoms with Gasteiger partial charge in [-0.15, -0.1) is 0 Å². The van der Waals surface area contributed by atoms with Crippen LogP contribution in [0.5, 0.6) is 0 Å². The van der Waals surface area contributed by atoms with Gasteiger partial charge in [-0.25, -0.2) is 0 Å². The molecular formula is C11H13NO. The molecule has 1 aliphatic rings. The van der Waals surface area contributed by atoms with Gasteiger partial charge in [0.1, 0.15) is 0 Å². The van der Waals surface area contributed by atoms with Crippen LogP contribution in [-0.4, -0.2) is 5.78 Å². The molecule has 2 heteroatoms. The van der Waals surface area contributed by atoms with Crippen molar-refractivity contribution >= 4 is 11.5 Å². The Labute approximate surface area is 77.8 Å². The zero-order valence-corrected chi connectivity index (χ0v) is 7.71. The SMILES string of the molecule is Cc1cc(C(=O)C2CC2)ccc1N. The lowest BCUT2D eigenvalue weighted by Crippen LogP contribution is -2.02. The van der Waals surface area contributed by atoms with Crippen LogP contribution in [0.2, 0.25) is 0 Å². The van der Waals surface area contributed by atoms with Gasteiger partial charge in [-0.1, -0.05) is 0 Å². The van der Waals surface area contributed by atoms with Gasteiger partial charge in [-0.3, -0.25) is 4.79 Å². The molecule has 0 aromatic heterocycles. The Morgan fingerprint density at radius 3 is 2.69 bits per heavy atom. The van der Waals surface area contributed by atoms with Gasteiger partial charge in [0, 0.05) is 17.2 Å². The lowest BCUT2D eigenvalue weighted by Gasteiger charge is -2.02. The fraction of sp³-hybridized carbons (Fsp3) is 0.364. The minimum atomic E-state index is 0.281. The molecule has 1 fully saturated rings. The van der Waals surface area contributed by atoms with Crippen molar-refractivity contribution in [2.45, 2.75) is 19.8 Å². The molecular weight excluding hydrogens is 162 g/mol. The lowest BCUT2D eigenvalue weighted by atomic mass is 10.0. The Bertz CT molecular complexity index is 353. The number of hydrogen-bond acceptors (Lipinski definition) is 2. The van der Waals surface area contributed by atoms with Crippen LogP contribution in [0.25, 0.3) is 0 Å². The van der Waals surface area contributed by atoms with Crippen LogP contribution >= 0.6 is 0 Å². The number of Topliss-reactive ketones (excluding diaryl/α,β-unsaturated/α-hetero) is 1. The monoisotopic (exact) mass is 175 g/mol. The summed E-state index contributed by atoms with van der Waals surface area (Å²) in [7, 11) is 0. The third-order valence-electron chi connectivity index (χ3n) is 2.50. The first-order valence-electron chi connectivity index (χ1n) is 4.59. The van der Waals surface area contributed by atoms with E-state index in [1.54, 1.807) is 0 Å². The molecule has 0 saturated heterocycles. The molecule has 0 spiro atoms. The van der Waals surface area contributed by atoms with Crippen LogP contribution in [0.15, 0.2) is 18.2 Å². The van der Waals surface area contributed by atoms with Crippen molar-refractivity contribution in [2.24, 2.45) is 5.92 Å². The number of nitrogen functional groups attached to an aromatic ring is 1. The molecule has 2 nitrogen and oxygen atoms in total. The Balaban J connectivity index is 2.30. The van der Waals surface area contributed by atoms with E-state index >= 15 is 0 Å². The van der Waals surface area contributed by atoms with Crippen molar-refractivity contribution in [1.29, 1.82) is 0 Å². The van der Waals surface area contributed by atoms with Crippen molar-refractivity contribution in [3.63, 3.8) is 0 Å². The number of carbonyl (C=O) groups is 1. The number of hydrogen-bond donors (Lipinski definition) is 1. The zero-order valence-electron chi connectivity index (χ0n) is 7.71. The topological polar surface area (TPSA) is 43.1 Å². The van der Waals surface area contributed by atoms with Crippen LogP contribution in [0.4, 0.5) is 5.69 Å². The summed E-state index contributed by atoms with van der Waals surface area (Å²) in [6, 6.07) is 5.52. The second kappa shape index (κ2) is 2.87. The molecule has 1 saturated carbocycles. The Morgan fingerprint density at radius 2 is 2.15 bits per heavy atom. The maximum Gasteiger partial charge on any atom is 0.165 e. The summed E-state index contributed by atoms with van der Waals surface area (Å²) in [5.41, 5.74) is 8.23. The molecule has 0 unspecified atom stereocenters. The standard InChI is InChI=1S/C11H13NO/c1-7-6-9(4-5-10(7)12)11(13)8-2-3-8/h4-6,8H,2-3,12H2,1H3. The largest absolute Gasteiger partial charge is 0.399 e. The van der Waals surface area contributed by atoms with Gasteiger partial charge in [0.15, 0.2) is 5.78 Å². The summed E-state index contributed by atoms with van der Waals surface area (Å²) in [6.45, 7) is 1.93.